The smallest absolute Gasteiger partial charge is 0.414 e. The van der Waals surface area contributed by atoms with Gasteiger partial charge in [-0.3, -0.25) is 14.9 Å². The number of imide groups is 1. The molecule has 0 aliphatic rings. The van der Waals surface area contributed by atoms with Crippen LogP contribution in [0.5, 0.6) is 0 Å². The van der Waals surface area contributed by atoms with E-state index in [1.165, 1.54) is 24.3 Å². The van der Waals surface area contributed by atoms with Gasteiger partial charge >= 0.3 is 6.09 Å². The second-order valence-corrected chi connectivity index (χ2v) is 10.0. The highest BCUT2D eigenvalue weighted by Gasteiger charge is 2.24. The number of carbonyl (C=O) groups excluding carboxylic acids is 3. The molecule has 30 heavy (non-hydrogen) atoms. The highest BCUT2D eigenvalue weighted by atomic mass is 35.5. The Kier molecular flexibility index (Phi) is 7.99. The minimum Gasteiger partial charge on any atom is -0.450 e. The Bertz CT molecular complexity index is 1060. The summed E-state index contributed by atoms with van der Waals surface area (Å²) >= 11 is 6.92. The predicted molar refractivity (Wildman–Crippen MR) is 115 cm³/mol. The van der Waals surface area contributed by atoms with E-state index in [2.05, 4.69) is 10.6 Å². The molecule has 1 aromatic carbocycles. The third-order valence-electron chi connectivity index (χ3n) is 4.13. The van der Waals surface area contributed by atoms with Crippen LogP contribution in [0.3, 0.4) is 0 Å². The van der Waals surface area contributed by atoms with E-state index in [0.717, 1.165) is 16.2 Å². The van der Waals surface area contributed by atoms with E-state index in [1.807, 2.05) is 0 Å². The topological polar surface area (TPSA) is 119 Å². The minimum atomic E-state index is -3.67. The third kappa shape index (κ3) is 6.04. The molecule has 0 saturated heterocycles. The van der Waals surface area contributed by atoms with Crippen LogP contribution >= 0.6 is 22.9 Å². The van der Waals surface area contributed by atoms with Gasteiger partial charge in [-0.05, 0) is 50.6 Å². The summed E-state index contributed by atoms with van der Waals surface area (Å²) in [5.74, 6) is -1.69. The number of aryl methyl sites for hydroxylation is 1. The van der Waals surface area contributed by atoms with Crippen molar-refractivity contribution in [3.63, 3.8) is 0 Å². The summed E-state index contributed by atoms with van der Waals surface area (Å²) in [7, 11) is -3.67. The minimum absolute atomic E-state index is 0.0667. The van der Waals surface area contributed by atoms with Crippen LogP contribution in [0.15, 0.2) is 29.2 Å². The second-order valence-electron chi connectivity index (χ2n) is 6.23. The number of carbonyl (C=O) groups is 3. The van der Waals surface area contributed by atoms with Crippen LogP contribution in [0.2, 0.25) is 5.02 Å². The van der Waals surface area contributed by atoms with E-state index in [-0.39, 0.29) is 28.5 Å². The summed E-state index contributed by atoms with van der Waals surface area (Å²) in [5, 5.41) is 5.31. The fourth-order valence-electron chi connectivity index (χ4n) is 2.49. The molecule has 2 aromatic rings. The first-order valence-corrected chi connectivity index (χ1v) is 11.8. The molecular formula is C19H21ClN2O6S2. The van der Waals surface area contributed by atoms with E-state index in [1.54, 1.807) is 20.8 Å². The number of sulfone groups is 1. The van der Waals surface area contributed by atoms with Gasteiger partial charge in [0.1, 0.15) is 5.00 Å². The van der Waals surface area contributed by atoms with Crippen molar-refractivity contribution in [1.29, 1.82) is 0 Å². The van der Waals surface area contributed by atoms with Crippen molar-refractivity contribution in [3.8, 4) is 0 Å². The van der Waals surface area contributed by atoms with Gasteiger partial charge in [-0.1, -0.05) is 11.6 Å². The van der Waals surface area contributed by atoms with Gasteiger partial charge in [0.2, 0.25) is 5.91 Å². The normalized spacial score (nSPS) is 11.1. The van der Waals surface area contributed by atoms with Gasteiger partial charge in [0, 0.05) is 16.3 Å². The lowest BCUT2D eigenvalue weighted by molar-refractivity contribution is -0.115. The molecule has 0 spiro atoms. The van der Waals surface area contributed by atoms with Crippen molar-refractivity contribution in [3.05, 3.63) is 45.3 Å². The molecule has 2 N–H and O–H groups in total. The fraction of sp³-hybridized carbons (Fsp3) is 0.316. The highest BCUT2D eigenvalue weighted by molar-refractivity contribution is 7.91. The van der Waals surface area contributed by atoms with Crippen LogP contribution in [-0.4, -0.2) is 38.7 Å². The molecule has 2 rings (SSSR count). The maximum absolute atomic E-state index is 12.4. The maximum atomic E-state index is 12.4. The van der Waals surface area contributed by atoms with Crippen molar-refractivity contribution in [2.24, 2.45) is 0 Å². The molecule has 0 fully saturated rings. The van der Waals surface area contributed by atoms with Gasteiger partial charge in [-0.15, -0.1) is 11.3 Å². The number of alkyl carbamates (subject to hydrolysis) is 1. The van der Waals surface area contributed by atoms with Gasteiger partial charge in [0.15, 0.2) is 9.84 Å². The maximum Gasteiger partial charge on any atom is 0.414 e. The Morgan fingerprint density at radius 3 is 2.37 bits per heavy atom. The molecule has 1 aromatic heterocycles. The first-order chi connectivity index (χ1) is 14.0. The summed E-state index contributed by atoms with van der Waals surface area (Å²) in [6.45, 7) is 5.16. The molecule has 0 aliphatic heterocycles. The highest BCUT2D eigenvalue weighted by Crippen LogP contribution is 2.32. The van der Waals surface area contributed by atoms with Crippen molar-refractivity contribution in [2.75, 3.05) is 17.7 Å². The standard InChI is InChI=1S/C19H21ClN2O6S2/c1-4-28-19(25)22-17(24)16-11(2)12(3)29-18(16)21-15(23)9-10-30(26,27)14-7-5-13(20)6-8-14/h5-8H,4,9-10H2,1-3H3,(H,21,23)(H,22,24,25). The van der Waals surface area contributed by atoms with E-state index < -0.39 is 33.5 Å². The Morgan fingerprint density at radius 2 is 1.77 bits per heavy atom. The summed E-state index contributed by atoms with van der Waals surface area (Å²) in [6.07, 6.45) is -1.20. The Morgan fingerprint density at radius 1 is 1.13 bits per heavy atom. The van der Waals surface area contributed by atoms with Crippen LogP contribution < -0.4 is 10.6 Å². The number of thiophene rings is 1. The number of amides is 3. The van der Waals surface area contributed by atoms with Crippen molar-refractivity contribution >= 4 is 55.7 Å². The predicted octanol–water partition coefficient (Wildman–Crippen LogP) is 3.71. The number of hydrogen-bond donors (Lipinski definition) is 2. The fourth-order valence-corrected chi connectivity index (χ4v) is 4.93. The zero-order valence-electron chi connectivity index (χ0n) is 16.6. The largest absolute Gasteiger partial charge is 0.450 e. The van der Waals surface area contributed by atoms with Crippen LogP contribution in [0.25, 0.3) is 0 Å². The van der Waals surface area contributed by atoms with Crippen LogP contribution in [0, 0.1) is 13.8 Å². The number of rotatable bonds is 7. The summed E-state index contributed by atoms with van der Waals surface area (Å²) in [5.41, 5.74) is 0.741. The van der Waals surface area contributed by atoms with Crippen molar-refractivity contribution in [1.82, 2.24) is 5.32 Å². The summed E-state index contributed by atoms with van der Waals surface area (Å²) in [6, 6.07) is 5.67. The van der Waals surface area contributed by atoms with Gasteiger partial charge in [0.25, 0.3) is 5.91 Å². The number of ether oxygens (including phenoxy) is 1. The average molecular weight is 473 g/mol. The first-order valence-electron chi connectivity index (χ1n) is 8.91. The number of hydrogen-bond acceptors (Lipinski definition) is 7. The van der Waals surface area contributed by atoms with Crippen molar-refractivity contribution < 1.29 is 27.5 Å². The Labute approximate surface area is 183 Å². The van der Waals surface area contributed by atoms with Crippen LogP contribution in [0.1, 0.15) is 34.1 Å². The number of halogens is 1. The molecular weight excluding hydrogens is 452 g/mol. The van der Waals surface area contributed by atoms with E-state index in [0.29, 0.717) is 10.6 Å². The quantitative estimate of drug-likeness (QED) is 0.634. The molecule has 0 saturated carbocycles. The molecule has 162 valence electrons. The molecule has 3 amide bonds. The van der Waals surface area contributed by atoms with Gasteiger partial charge < -0.3 is 10.1 Å². The summed E-state index contributed by atoms with van der Waals surface area (Å²) in [4.78, 5) is 37.2. The first kappa shape index (κ1) is 23.8. The number of benzene rings is 1. The number of nitrogens with one attached hydrogen (secondary N) is 2. The zero-order chi connectivity index (χ0) is 22.5. The molecule has 0 bridgehead atoms. The number of anilines is 1. The lowest BCUT2D eigenvalue weighted by atomic mass is 10.1. The SMILES string of the molecule is CCOC(=O)NC(=O)c1c(NC(=O)CCS(=O)(=O)c2ccc(Cl)cc2)sc(C)c1C. The van der Waals surface area contributed by atoms with Crippen molar-refractivity contribution in [2.45, 2.75) is 32.1 Å². The van der Waals surface area contributed by atoms with E-state index >= 15 is 0 Å². The third-order valence-corrected chi connectivity index (χ3v) is 7.23. The van der Waals surface area contributed by atoms with E-state index in [9.17, 15) is 22.8 Å². The molecule has 0 aliphatic carbocycles. The lowest BCUT2D eigenvalue weighted by Gasteiger charge is -2.09. The van der Waals surface area contributed by atoms with Gasteiger partial charge in [-0.2, -0.15) is 0 Å². The molecule has 0 atom stereocenters. The van der Waals surface area contributed by atoms with Gasteiger partial charge in [0.05, 0.1) is 22.8 Å². The Hall–Kier alpha value is -2.43. The monoisotopic (exact) mass is 472 g/mol. The zero-order valence-corrected chi connectivity index (χ0v) is 19.0. The Balaban J connectivity index is 2.09. The van der Waals surface area contributed by atoms with Crippen LogP contribution in [-0.2, 0) is 19.4 Å². The molecule has 11 heteroatoms. The molecule has 8 nitrogen and oxygen atoms in total. The molecule has 1 heterocycles. The average Bonchev–Trinajstić information content (AvgIpc) is 2.94. The summed E-state index contributed by atoms with van der Waals surface area (Å²) < 4.78 is 29.5. The molecule has 0 unspecified atom stereocenters. The molecule has 0 radical (unpaired) electrons. The lowest BCUT2D eigenvalue weighted by Crippen LogP contribution is -2.32. The second kappa shape index (κ2) is 10.1. The van der Waals surface area contributed by atoms with E-state index in [4.69, 9.17) is 16.3 Å². The van der Waals surface area contributed by atoms with Gasteiger partial charge in [-0.25, -0.2) is 13.2 Å². The van der Waals surface area contributed by atoms with Crippen LogP contribution in [0.4, 0.5) is 9.80 Å².